The number of hydrogen-bond acceptors (Lipinski definition) is 10. The maximum Gasteiger partial charge on any atom is 0.329 e. The van der Waals surface area contributed by atoms with Crippen molar-refractivity contribution in [2.75, 3.05) is 57.4 Å². The number of primary amides is 1. The molecule has 6 aliphatic rings. The zero-order valence-electron chi connectivity index (χ0n) is 41.8. The smallest absolute Gasteiger partial charge is 0.329 e. The fourth-order valence-electron chi connectivity index (χ4n) is 13.6. The third kappa shape index (κ3) is 8.48. The predicted molar refractivity (Wildman–Crippen MR) is 271 cm³/mol. The molecule has 4 aromatic carbocycles. The molecule has 396 valence electrons. The van der Waals surface area contributed by atoms with E-state index in [1.165, 1.54) is 33.8 Å². The lowest BCUT2D eigenvalue weighted by molar-refractivity contribution is -0.143. The first-order valence-corrected chi connectivity index (χ1v) is 26.2. The molecule has 2 bridgehead atoms. The summed E-state index contributed by atoms with van der Waals surface area (Å²) in [5, 5.41) is 19.6. The van der Waals surface area contributed by atoms with Gasteiger partial charge < -0.3 is 35.4 Å². The van der Waals surface area contributed by atoms with Crippen molar-refractivity contribution in [3.05, 3.63) is 105 Å². The van der Waals surface area contributed by atoms with Crippen LogP contribution in [-0.2, 0) is 22.2 Å². The minimum Gasteiger partial charge on any atom is -0.488 e. The average Bonchev–Trinajstić information content (AvgIpc) is 4.17. The minimum absolute atomic E-state index is 0.0222. The van der Waals surface area contributed by atoms with Gasteiger partial charge >= 0.3 is 6.03 Å². The van der Waals surface area contributed by atoms with E-state index in [4.69, 9.17) is 26.8 Å². The topological polar surface area (TPSA) is 185 Å². The Hall–Kier alpha value is -6.28. The first-order valence-electron chi connectivity index (χ1n) is 25.9. The highest BCUT2D eigenvalue weighted by atomic mass is 35.5. The van der Waals surface area contributed by atoms with Gasteiger partial charge in [0.05, 0.1) is 28.0 Å². The largest absolute Gasteiger partial charge is 0.488 e. The molecule has 5 aromatic rings. The van der Waals surface area contributed by atoms with Crippen molar-refractivity contribution in [1.29, 1.82) is 0 Å². The van der Waals surface area contributed by atoms with E-state index in [9.17, 15) is 24.3 Å². The number of amides is 5. The van der Waals surface area contributed by atoms with E-state index in [0.29, 0.717) is 63.8 Å². The molecule has 5 heterocycles. The number of aliphatic hydroxyl groups excluding tert-OH is 1. The number of imide groups is 1. The zero-order valence-corrected chi connectivity index (χ0v) is 42.5. The molecule has 15 nitrogen and oxygen atoms in total. The third-order valence-electron chi connectivity index (χ3n) is 17.5. The molecule has 0 spiro atoms. The predicted octanol–water partition coefficient (Wildman–Crippen LogP) is 7.92. The summed E-state index contributed by atoms with van der Waals surface area (Å²) < 4.78 is 78.6. The number of carbonyl (C=O) groups is 4. The summed E-state index contributed by atoms with van der Waals surface area (Å²) in [5.74, 6) is -5.49. The summed E-state index contributed by atoms with van der Waals surface area (Å²) in [5.41, 5.74) is 4.30. The van der Waals surface area contributed by atoms with E-state index in [0.717, 1.165) is 31.2 Å². The SMILES string of the molecule is CC1c2c(cc(F)c(Cl)c2-c2c(C(N)=O)ccc(OCCO)c2F)OC1(CNC12CCC(C(=O)N3CCC(N4CCC(c5c(F)cc6c(N7CCC(=O)NC7=O)nn(C)c6c5F)CC4)CC3)(CC1)C2)c1ccccc1. The van der Waals surface area contributed by atoms with Crippen LogP contribution in [0.2, 0.25) is 5.02 Å². The van der Waals surface area contributed by atoms with E-state index < -0.39 is 75.2 Å². The number of aryl methyl sites for hydroxylation is 1. The van der Waals surface area contributed by atoms with E-state index in [-0.39, 0.29) is 94.5 Å². The molecular weight excluding hydrogens is 996 g/mol. The number of likely N-dealkylation sites (tertiary alicyclic amines) is 2. The molecule has 5 N–H and O–H groups in total. The van der Waals surface area contributed by atoms with Gasteiger partial charge in [0.25, 0.3) is 0 Å². The first kappa shape index (κ1) is 50.9. The minimum atomic E-state index is -1.18. The Morgan fingerprint density at radius 1 is 0.920 bits per heavy atom. The van der Waals surface area contributed by atoms with Crippen molar-refractivity contribution in [1.82, 2.24) is 30.2 Å². The maximum absolute atomic E-state index is 16.6. The van der Waals surface area contributed by atoms with Crippen molar-refractivity contribution in [2.24, 2.45) is 18.2 Å². The van der Waals surface area contributed by atoms with Gasteiger partial charge in [-0.1, -0.05) is 48.9 Å². The van der Waals surface area contributed by atoms with Crippen LogP contribution in [0.5, 0.6) is 11.5 Å². The number of hydrogen-bond donors (Lipinski definition) is 4. The third-order valence-corrected chi connectivity index (χ3v) is 17.8. The van der Waals surface area contributed by atoms with Crippen LogP contribution in [0.1, 0.15) is 110 Å². The Bertz CT molecular complexity index is 3140. The number of rotatable bonds is 13. The molecule has 2 unspecified atom stereocenters. The van der Waals surface area contributed by atoms with Crippen LogP contribution < -0.4 is 30.7 Å². The van der Waals surface area contributed by atoms with Gasteiger partial charge in [-0.3, -0.25) is 29.3 Å². The molecule has 20 heteroatoms. The number of nitrogens with zero attached hydrogens (tertiary/aromatic N) is 5. The summed E-state index contributed by atoms with van der Waals surface area (Å²) in [6, 6.07) is 14.0. The van der Waals surface area contributed by atoms with Crippen LogP contribution in [0.4, 0.5) is 28.2 Å². The summed E-state index contributed by atoms with van der Waals surface area (Å²) in [7, 11) is 1.55. The molecule has 2 saturated carbocycles. The molecule has 0 radical (unpaired) electrons. The number of aliphatic hydroxyl groups is 1. The highest BCUT2D eigenvalue weighted by molar-refractivity contribution is 6.34. The molecule has 1 aromatic heterocycles. The fraction of sp³-hybridized carbons (Fsp3) is 0.473. The van der Waals surface area contributed by atoms with E-state index in [1.807, 2.05) is 42.2 Å². The number of piperidine rings is 2. The van der Waals surface area contributed by atoms with E-state index in [1.54, 1.807) is 7.05 Å². The van der Waals surface area contributed by atoms with Crippen molar-refractivity contribution in [2.45, 2.75) is 100 Å². The maximum atomic E-state index is 16.6. The quantitative estimate of drug-likeness (QED) is 0.0845. The van der Waals surface area contributed by atoms with Crippen LogP contribution in [0, 0.1) is 28.7 Å². The summed E-state index contributed by atoms with van der Waals surface area (Å²) >= 11 is 6.76. The summed E-state index contributed by atoms with van der Waals surface area (Å²) in [4.78, 5) is 57.5. The van der Waals surface area contributed by atoms with E-state index in [2.05, 4.69) is 20.6 Å². The van der Waals surface area contributed by atoms with Gasteiger partial charge in [0.1, 0.15) is 29.5 Å². The lowest BCUT2D eigenvalue weighted by atomic mass is 9.77. The summed E-state index contributed by atoms with van der Waals surface area (Å²) in [6.45, 7) is 4.07. The zero-order chi connectivity index (χ0) is 52.7. The van der Waals surface area contributed by atoms with Gasteiger partial charge in [0.2, 0.25) is 17.7 Å². The van der Waals surface area contributed by atoms with Gasteiger partial charge in [0.15, 0.2) is 28.8 Å². The number of halogens is 5. The van der Waals surface area contributed by atoms with Crippen molar-refractivity contribution < 1.29 is 51.3 Å². The number of nitrogens with one attached hydrogen (secondary N) is 2. The molecule has 3 saturated heterocycles. The Labute approximate surface area is 435 Å². The van der Waals surface area contributed by atoms with Crippen molar-refractivity contribution in [3.8, 4) is 22.6 Å². The molecule has 2 aliphatic carbocycles. The molecule has 4 aliphatic heterocycles. The number of anilines is 1. The lowest BCUT2D eigenvalue weighted by Crippen LogP contribution is -2.52. The average molecular weight is 1060 g/mol. The standard InChI is InChI=1S/C55H59ClF4N8O7/c1-30-41-39(27-37(58)45(56)44(41)43-34(49(61)71)8-9-38(46(43)59)74-25-24-69)75-55(30,32-6-4-3-5-7-32)29-62-54-17-15-53(28-54,16-18-54)51(72)67-21-12-33(13-22-67)66-19-10-31(11-20-66)42-36(57)26-35-48(47(42)60)65(2)64-50(35)68-23-14-40(70)63-52(68)73/h3-9,26-27,30-31,33,62,69H,10-25,28-29H2,1-2H3,(H2,61,71)(H,63,70,73). The van der Waals surface area contributed by atoms with Gasteiger partial charge in [0, 0.05) is 85.5 Å². The Morgan fingerprint density at radius 2 is 1.64 bits per heavy atom. The Balaban J connectivity index is 0.757. The number of urea groups is 1. The van der Waals surface area contributed by atoms with Gasteiger partial charge in [-0.2, -0.15) is 5.10 Å². The number of nitrogens with two attached hydrogens (primary N) is 1. The molecule has 75 heavy (non-hydrogen) atoms. The molecule has 11 rings (SSSR count). The highest BCUT2D eigenvalue weighted by Gasteiger charge is 2.60. The van der Waals surface area contributed by atoms with Gasteiger partial charge in [-0.05, 0) is 101 Å². The molecule has 2 atom stereocenters. The van der Waals surface area contributed by atoms with Crippen LogP contribution in [0.3, 0.4) is 0 Å². The highest BCUT2D eigenvalue weighted by Crippen LogP contribution is 2.60. The fourth-order valence-corrected chi connectivity index (χ4v) is 13.8. The first-order chi connectivity index (χ1) is 36.0. The number of ether oxygens (including phenoxy) is 2. The molecule has 5 fully saturated rings. The monoisotopic (exact) mass is 1050 g/mol. The summed E-state index contributed by atoms with van der Waals surface area (Å²) in [6.07, 6.45) is 6.28. The number of benzene rings is 4. The Morgan fingerprint density at radius 3 is 2.32 bits per heavy atom. The van der Waals surface area contributed by atoms with Crippen LogP contribution in [0.25, 0.3) is 22.0 Å². The number of carbonyl (C=O) groups excluding carboxylic acids is 4. The Kier molecular flexibility index (Phi) is 13.1. The van der Waals surface area contributed by atoms with Gasteiger partial charge in [-0.15, -0.1) is 0 Å². The second-order valence-corrected chi connectivity index (χ2v) is 21.8. The van der Waals surface area contributed by atoms with Crippen molar-refractivity contribution in [3.63, 3.8) is 0 Å². The van der Waals surface area contributed by atoms with Crippen LogP contribution in [-0.4, -0.2) is 113 Å². The van der Waals surface area contributed by atoms with Crippen molar-refractivity contribution >= 4 is 52.1 Å². The number of aromatic nitrogens is 2. The van der Waals surface area contributed by atoms with Gasteiger partial charge in [-0.25, -0.2) is 22.4 Å². The van der Waals surface area contributed by atoms with Crippen LogP contribution >= 0.6 is 11.6 Å². The molecule has 5 amide bonds. The lowest BCUT2D eigenvalue weighted by Gasteiger charge is -2.43. The van der Waals surface area contributed by atoms with Crippen LogP contribution in [0.15, 0.2) is 54.6 Å². The number of fused-ring (bicyclic) bond motifs is 4. The second kappa shape index (κ2) is 19.4. The molecular formula is C55H59ClF4N8O7. The van der Waals surface area contributed by atoms with E-state index >= 15 is 17.6 Å². The normalized spacial score (nSPS) is 25.3. The second-order valence-electron chi connectivity index (χ2n) is 21.4.